The summed E-state index contributed by atoms with van der Waals surface area (Å²) >= 11 is 4.96. The molecule has 1 saturated heterocycles. The van der Waals surface area contributed by atoms with Gasteiger partial charge in [0.15, 0.2) is 0 Å². The smallest absolute Gasteiger partial charge is 0.232 e. The summed E-state index contributed by atoms with van der Waals surface area (Å²) in [6, 6.07) is 1.97. The SMILES string of the molecule is O=C1C2CCC(C2)C(=O)N1Cc1cc(Br)cs1. The molecule has 2 bridgehead atoms. The average Bonchev–Trinajstić information content (AvgIpc) is 2.90. The average molecular weight is 314 g/mol. The van der Waals surface area contributed by atoms with Crippen LogP contribution in [-0.4, -0.2) is 16.7 Å². The molecule has 2 amide bonds. The molecule has 1 saturated carbocycles. The number of imide groups is 1. The zero-order chi connectivity index (χ0) is 12.0. The van der Waals surface area contributed by atoms with Crippen molar-refractivity contribution in [2.75, 3.05) is 0 Å². The molecule has 1 aliphatic carbocycles. The number of carbonyl (C=O) groups is 2. The maximum atomic E-state index is 12.1. The molecule has 2 atom stereocenters. The Balaban J connectivity index is 1.82. The van der Waals surface area contributed by atoms with Crippen LogP contribution in [0, 0.1) is 11.8 Å². The molecule has 2 aliphatic rings. The first kappa shape index (κ1) is 11.4. The van der Waals surface area contributed by atoms with Crippen LogP contribution in [0.2, 0.25) is 0 Å². The molecule has 2 heterocycles. The molecule has 17 heavy (non-hydrogen) atoms. The number of amides is 2. The summed E-state index contributed by atoms with van der Waals surface area (Å²) in [5, 5.41) is 1.98. The van der Waals surface area contributed by atoms with E-state index in [1.54, 1.807) is 11.3 Å². The number of rotatable bonds is 2. The maximum Gasteiger partial charge on any atom is 0.232 e. The van der Waals surface area contributed by atoms with Gasteiger partial charge in [0.2, 0.25) is 11.8 Å². The van der Waals surface area contributed by atoms with Crippen LogP contribution in [0.5, 0.6) is 0 Å². The van der Waals surface area contributed by atoms with Crippen molar-refractivity contribution in [1.29, 1.82) is 0 Å². The number of nitrogens with zero attached hydrogens (tertiary/aromatic N) is 1. The van der Waals surface area contributed by atoms with E-state index in [1.807, 2.05) is 11.4 Å². The van der Waals surface area contributed by atoms with Crippen molar-refractivity contribution >= 4 is 39.1 Å². The van der Waals surface area contributed by atoms with Crippen molar-refractivity contribution in [3.05, 3.63) is 20.8 Å². The highest BCUT2D eigenvalue weighted by molar-refractivity contribution is 9.10. The number of halogens is 1. The van der Waals surface area contributed by atoms with Gasteiger partial charge in [0.1, 0.15) is 0 Å². The standard InChI is InChI=1S/C12H12BrNO2S/c13-9-4-10(17-6-9)5-14-11(15)7-1-2-8(3-7)12(14)16/h4,6-8H,1-3,5H2. The maximum absolute atomic E-state index is 12.1. The van der Waals surface area contributed by atoms with Crippen LogP contribution in [0.4, 0.5) is 0 Å². The van der Waals surface area contributed by atoms with E-state index in [0.29, 0.717) is 6.54 Å². The Morgan fingerprint density at radius 1 is 1.29 bits per heavy atom. The Kier molecular flexibility index (Phi) is 2.83. The second-order valence-electron chi connectivity index (χ2n) is 4.70. The molecule has 0 spiro atoms. The highest BCUT2D eigenvalue weighted by Gasteiger charge is 2.45. The van der Waals surface area contributed by atoms with Crippen molar-refractivity contribution in [2.24, 2.45) is 11.8 Å². The number of thiophene rings is 1. The number of carbonyl (C=O) groups excluding carboxylic acids is 2. The predicted octanol–water partition coefficient (Wildman–Crippen LogP) is 2.80. The molecule has 3 rings (SSSR count). The van der Waals surface area contributed by atoms with Crippen molar-refractivity contribution in [2.45, 2.75) is 25.8 Å². The van der Waals surface area contributed by atoms with E-state index >= 15 is 0 Å². The highest BCUT2D eigenvalue weighted by Crippen LogP contribution is 2.39. The van der Waals surface area contributed by atoms with Gasteiger partial charge in [0.05, 0.1) is 6.54 Å². The molecule has 0 radical (unpaired) electrons. The molecule has 0 N–H and O–H groups in total. The van der Waals surface area contributed by atoms with Crippen LogP contribution in [0.15, 0.2) is 15.9 Å². The first-order chi connectivity index (χ1) is 8.15. The lowest BCUT2D eigenvalue weighted by Gasteiger charge is -2.29. The van der Waals surface area contributed by atoms with E-state index < -0.39 is 0 Å². The highest BCUT2D eigenvalue weighted by atomic mass is 79.9. The van der Waals surface area contributed by atoms with Gasteiger partial charge in [0, 0.05) is 26.6 Å². The molecule has 2 unspecified atom stereocenters. The number of hydrogen-bond acceptors (Lipinski definition) is 3. The third-order valence-corrected chi connectivity index (χ3v) is 5.28. The first-order valence-electron chi connectivity index (χ1n) is 5.73. The van der Waals surface area contributed by atoms with Crippen LogP contribution in [0.3, 0.4) is 0 Å². The van der Waals surface area contributed by atoms with Crippen LogP contribution in [0.25, 0.3) is 0 Å². The summed E-state index contributed by atoms with van der Waals surface area (Å²) in [6.07, 6.45) is 2.56. The fourth-order valence-corrected chi connectivity index (χ4v) is 4.17. The molecule has 1 aliphatic heterocycles. The molecule has 5 heteroatoms. The van der Waals surface area contributed by atoms with Crippen LogP contribution >= 0.6 is 27.3 Å². The molecule has 2 fully saturated rings. The largest absolute Gasteiger partial charge is 0.277 e. The second-order valence-corrected chi connectivity index (χ2v) is 6.61. The molecule has 3 nitrogen and oxygen atoms in total. The quantitative estimate of drug-likeness (QED) is 0.787. The Morgan fingerprint density at radius 3 is 2.47 bits per heavy atom. The van der Waals surface area contributed by atoms with Crippen LogP contribution in [-0.2, 0) is 16.1 Å². The summed E-state index contributed by atoms with van der Waals surface area (Å²) in [7, 11) is 0. The van der Waals surface area contributed by atoms with Crippen molar-refractivity contribution in [3.63, 3.8) is 0 Å². The number of fused-ring (bicyclic) bond motifs is 2. The zero-order valence-corrected chi connectivity index (χ0v) is 11.6. The third-order valence-electron chi connectivity index (χ3n) is 3.60. The van der Waals surface area contributed by atoms with Gasteiger partial charge in [-0.2, -0.15) is 0 Å². The second kappa shape index (κ2) is 4.21. The molecule has 1 aromatic rings. The van der Waals surface area contributed by atoms with Gasteiger partial charge in [-0.3, -0.25) is 14.5 Å². The molecular formula is C12H12BrNO2S. The van der Waals surface area contributed by atoms with E-state index in [1.165, 1.54) is 4.90 Å². The van der Waals surface area contributed by atoms with Crippen LogP contribution < -0.4 is 0 Å². The summed E-state index contributed by atoms with van der Waals surface area (Å²) in [4.78, 5) is 26.7. The minimum Gasteiger partial charge on any atom is -0.277 e. The van der Waals surface area contributed by atoms with E-state index in [9.17, 15) is 9.59 Å². The van der Waals surface area contributed by atoms with E-state index in [-0.39, 0.29) is 23.7 Å². The van der Waals surface area contributed by atoms with Crippen molar-refractivity contribution < 1.29 is 9.59 Å². The molecule has 90 valence electrons. The third kappa shape index (κ3) is 1.95. The summed E-state index contributed by atoms with van der Waals surface area (Å²) in [5.74, 6) is 0.267. The summed E-state index contributed by atoms with van der Waals surface area (Å²) in [6.45, 7) is 0.445. The Morgan fingerprint density at radius 2 is 1.94 bits per heavy atom. The number of piperidine rings is 1. The minimum absolute atomic E-state index is 0.0354. The van der Waals surface area contributed by atoms with Gasteiger partial charge in [-0.15, -0.1) is 11.3 Å². The van der Waals surface area contributed by atoms with Crippen molar-refractivity contribution in [3.8, 4) is 0 Å². The Labute approximate surface area is 112 Å². The van der Waals surface area contributed by atoms with Gasteiger partial charge < -0.3 is 0 Å². The van der Waals surface area contributed by atoms with Gasteiger partial charge in [-0.1, -0.05) is 0 Å². The van der Waals surface area contributed by atoms with E-state index in [4.69, 9.17) is 0 Å². The van der Waals surface area contributed by atoms with E-state index in [2.05, 4.69) is 15.9 Å². The fourth-order valence-electron chi connectivity index (χ4n) is 2.73. The minimum atomic E-state index is 0.0354. The number of likely N-dealkylation sites (tertiary alicyclic amines) is 1. The van der Waals surface area contributed by atoms with Gasteiger partial charge in [-0.25, -0.2) is 0 Å². The van der Waals surface area contributed by atoms with E-state index in [0.717, 1.165) is 28.6 Å². The lowest BCUT2D eigenvalue weighted by molar-refractivity contribution is -0.153. The lowest BCUT2D eigenvalue weighted by Crippen LogP contribution is -2.45. The number of hydrogen-bond donors (Lipinski definition) is 0. The molecular weight excluding hydrogens is 302 g/mol. The fraction of sp³-hybridized carbons (Fsp3) is 0.500. The predicted molar refractivity (Wildman–Crippen MR) is 68.4 cm³/mol. The first-order valence-corrected chi connectivity index (χ1v) is 7.40. The summed E-state index contributed by atoms with van der Waals surface area (Å²) in [5.41, 5.74) is 0. The van der Waals surface area contributed by atoms with Crippen molar-refractivity contribution in [1.82, 2.24) is 4.90 Å². The topological polar surface area (TPSA) is 37.4 Å². The molecule has 0 aromatic carbocycles. The van der Waals surface area contributed by atoms with Gasteiger partial charge >= 0.3 is 0 Å². The lowest BCUT2D eigenvalue weighted by atomic mass is 9.97. The zero-order valence-electron chi connectivity index (χ0n) is 9.19. The summed E-state index contributed by atoms with van der Waals surface area (Å²) < 4.78 is 1.01. The molecule has 1 aromatic heterocycles. The monoisotopic (exact) mass is 313 g/mol. The normalized spacial score (nSPS) is 27.9. The Bertz CT molecular complexity index is 463. The van der Waals surface area contributed by atoms with Gasteiger partial charge in [-0.05, 0) is 41.3 Å². The van der Waals surface area contributed by atoms with Crippen LogP contribution in [0.1, 0.15) is 24.1 Å². The van der Waals surface area contributed by atoms with Gasteiger partial charge in [0.25, 0.3) is 0 Å². The Hall–Kier alpha value is -0.680.